The van der Waals surface area contributed by atoms with E-state index in [0.717, 1.165) is 33.6 Å². The molecule has 0 atom stereocenters. The van der Waals surface area contributed by atoms with Crippen molar-refractivity contribution in [2.24, 2.45) is 0 Å². The summed E-state index contributed by atoms with van der Waals surface area (Å²) in [4.78, 5) is 8.57. The molecular weight excluding hydrogens is 274 g/mol. The summed E-state index contributed by atoms with van der Waals surface area (Å²) in [5.41, 5.74) is 5.55. The van der Waals surface area contributed by atoms with E-state index in [9.17, 15) is 0 Å². The van der Waals surface area contributed by atoms with Crippen molar-refractivity contribution >= 4 is 22.5 Å². The highest BCUT2D eigenvalue weighted by Gasteiger charge is 2.10. The van der Waals surface area contributed by atoms with Crippen molar-refractivity contribution in [3.8, 4) is 11.1 Å². The summed E-state index contributed by atoms with van der Waals surface area (Å²) in [5, 5.41) is 3.31. The van der Waals surface area contributed by atoms with Gasteiger partial charge in [0.15, 0.2) is 5.58 Å². The van der Waals surface area contributed by atoms with Gasteiger partial charge in [0.1, 0.15) is 11.8 Å². The zero-order chi connectivity index (χ0) is 14.8. The quantitative estimate of drug-likeness (QED) is 0.596. The minimum atomic E-state index is 0.757. The van der Waals surface area contributed by atoms with Gasteiger partial charge < -0.3 is 9.73 Å². The van der Waals surface area contributed by atoms with Crippen LogP contribution in [0.15, 0.2) is 77.8 Å². The third-order valence-corrected chi connectivity index (χ3v) is 3.47. The molecule has 0 unspecified atom stereocenters. The first-order chi connectivity index (χ1) is 10.9. The summed E-state index contributed by atoms with van der Waals surface area (Å²) in [7, 11) is 0. The van der Waals surface area contributed by atoms with E-state index in [-0.39, 0.29) is 0 Å². The second-order valence-electron chi connectivity index (χ2n) is 4.95. The van der Waals surface area contributed by atoms with Crippen molar-refractivity contribution in [1.29, 1.82) is 0 Å². The number of anilines is 2. The summed E-state index contributed by atoms with van der Waals surface area (Å²) in [5.74, 6) is 0. The van der Waals surface area contributed by atoms with E-state index in [2.05, 4.69) is 15.3 Å². The number of rotatable bonds is 3. The summed E-state index contributed by atoms with van der Waals surface area (Å²) >= 11 is 0. The molecule has 4 nitrogen and oxygen atoms in total. The first-order valence-electron chi connectivity index (χ1n) is 7.00. The summed E-state index contributed by atoms with van der Waals surface area (Å²) in [6.45, 7) is 0. The predicted octanol–water partition coefficient (Wildman–Crippen LogP) is 4.63. The Hall–Kier alpha value is -3.14. The van der Waals surface area contributed by atoms with Gasteiger partial charge in [-0.3, -0.25) is 9.97 Å². The van der Waals surface area contributed by atoms with E-state index in [1.54, 1.807) is 18.7 Å². The molecule has 0 bridgehead atoms. The molecule has 106 valence electrons. The van der Waals surface area contributed by atoms with Crippen LogP contribution in [0.25, 0.3) is 22.2 Å². The lowest BCUT2D eigenvalue weighted by molar-refractivity contribution is 0.616. The van der Waals surface area contributed by atoms with Gasteiger partial charge in [-0.15, -0.1) is 0 Å². The zero-order valence-corrected chi connectivity index (χ0v) is 11.7. The van der Waals surface area contributed by atoms with Gasteiger partial charge in [-0.1, -0.05) is 18.2 Å². The molecule has 0 radical (unpaired) electrons. The Balaban J connectivity index is 1.71. The molecule has 1 N–H and O–H groups in total. The fraction of sp³-hybridized carbons (Fsp3) is 0. The number of fused-ring (bicyclic) bond motifs is 1. The Kier molecular flexibility index (Phi) is 3.05. The SMILES string of the molecule is c1ccc(Nc2cnc3c(-c4ccncc4)coc3c2)cc1. The number of hydrogen-bond acceptors (Lipinski definition) is 4. The average Bonchev–Trinajstić information content (AvgIpc) is 3.00. The smallest absolute Gasteiger partial charge is 0.155 e. The van der Waals surface area contributed by atoms with Gasteiger partial charge in [0.25, 0.3) is 0 Å². The number of hydrogen-bond donors (Lipinski definition) is 1. The van der Waals surface area contributed by atoms with E-state index < -0.39 is 0 Å². The van der Waals surface area contributed by atoms with Crippen LogP contribution in [0.5, 0.6) is 0 Å². The van der Waals surface area contributed by atoms with Crippen LogP contribution in [0.2, 0.25) is 0 Å². The largest absolute Gasteiger partial charge is 0.462 e. The van der Waals surface area contributed by atoms with Gasteiger partial charge in [-0.25, -0.2) is 0 Å². The van der Waals surface area contributed by atoms with Crippen molar-refractivity contribution in [2.45, 2.75) is 0 Å². The van der Waals surface area contributed by atoms with E-state index in [1.807, 2.05) is 54.7 Å². The lowest BCUT2D eigenvalue weighted by Crippen LogP contribution is -1.90. The molecule has 4 rings (SSSR count). The van der Waals surface area contributed by atoms with Crippen molar-refractivity contribution in [3.63, 3.8) is 0 Å². The number of benzene rings is 1. The standard InChI is InChI=1S/C18H13N3O/c1-2-4-14(5-3-1)21-15-10-17-18(20-11-15)16(12-22-17)13-6-8-19-9-7-13/h1-12,21H. The lowest BCUT2D eigenvalue weighted by atomic mass is 10.1. The van der Waals surface area contributed by atoms with E-state index >= 15 is 0 Å². The van der Waals surface area contributed by atoms with E-state index in [4.69, 9.17) is 4.42 Å². The second-order valence-corrected chi connectivity index (χ2v) is 4.95. The van der Waals surface area contributed by atoms with Gasteiger partial charge in [-0.05, 0) is 29.8 Å². The minimum Gasteiger partial charge on any atom is -0.462 e. The third kappa shape index (κ3) is 2.31. The van der Waals surface area contributed by atoms with Crippen LogP contribution in [0, 0.1) is 0 Å². The summed E-state index contributed by atoms with van der Waals surface area (Å²) < 4.78 is 5.66. The number of nitrogens with zero attached hydrogens (tertiary/aromatic N) is 2. The van der Waals surface area contributed by atoms with Gasteiger partial charge in [0, 0.05) is 29.7 Å². The summed E-state index contributed by atoms with van der Waals surface area (Å²) in [6.07, 6.45) is 7.08. The Bertz CT molecular complexity index is 901. The minimum absolute atomic E-state index is 0.757. The average molecular weight is 287 g/mol. The highest BCUT2D eigenvalue weighted by atomic mass is 16.3. The molecule has 3 aromatic heterocycles. The molecule has 3 heterocycles. The van der Waals surface area contributed by atoms with Crippen molar-refractivity contribution in [3.05, 3.63) is 73.4 Å². The summed E-state index contributed by atoms with van der Waals surface area (Å²) in [6, 6.07) is 15.8. The highest BCUT2D eigenvalue weighted by molar-refractivity contribution is 5.92. The molecule has 0 saturated carbocycles. The van der Waals surface area contributed by atoms with Crippen LogP contribution in [0.3, 0.4) is 0 Å². The number of pyridine rings is 2. The van der Waals surface area contributed by atoms with Crippen LogP contribution in [0.4, 0.5) is 11.4 Å². The maximum Gasteiger partial charge on any atom is 0.155 e. The van der Waals surface area contributed by atoms with Crippen LogP contribution in [-0.2, 0) is 0 Å². The first-order valence-corrected chi connectivity index (χ1v) is 7.00. The van der Waals surface area contributed by atoms with Gasteiger partial charge in [-0.2, -0.15) is 0 Å². The Labute approximate surface area is 127 Å². The van der Waals surface area contributed by atoms with Crippen molar-refractivity contribution in [2.75, 3.05) is 5.32 Å². The Morgan fingerprint density at radius 2 is 1.73 bits per heavy atom. The Morgan fingerprint density at radius 3 is 2.55 bits per heavy atom. The zero-order valence-electron chi connectivity index (χ0n) is 11.7. The normalized spacial score (nSPS) is 10.7. The van der Waals surface area contributed by atoms with Gasteiger partial charge in [0.05, 0.1) is 11.9 Å². The molecule has 0 aliphatic carbocycles. The Morgan fingerprint density at radius 1 is 0.909 bits per heavy atom. The number of nitrogens with one attached hydrogen (secondary N) is 1. The number of aromatic nitrogens is 2. The molecule has 0 saturated heterocycles. The highest BCUT2D eigenvalue weighted by Crippen LogP contribution is 2.30. The van der Waals surface area contributed by atoms with Crippen LogP contribution < -0.4 is 5.32 Å². The molecule has 4 heteroatoms. The third-order valence-electron chi connectivity index (χ3n) is 3.47. The first kappa shape index (κ1) is 12.6. The second kappa shape index (κ2) is 5.33. The molecule has 0 spiro atoms. The molecule has 22 heavy (non-hydrogen) atoms. The molecule has 0 aliphatic heterocycles. The van der Waals surface area contributed by atoms with Crippen LogP contribution >= 0.6 is 0 Å². The fourth-order valence-electron chi connectivity index (χ4n) is 2.41. The monoisotopic (exact) mass is 287 g/mol. The maximum atomic E-state index is 5.66. The molecule has 0 fully saturated rings. The topological polar surface area (TPSA) is 51.0 Å². The fourth-order valence-corrected chi connectivity index (χ4v) is 2.41. The number of para-hydroxylation sites is 1. The van der Waals surface area contributed by atoms with Crippen molar-refractivity contribution in [1.82, 2.24) is 9.97 Å². The van der Waals surface area contributed by atoms with E-state index in [1.165, 1.54) is 0 Å². The molecule has 1 aromatic carbocycles. The van der Waals surface area contributed by atoms with Crippen LogP contribution in [0.1, 0.15) is 0 Å². The molecular formula is C18H13N3O. The molecule has 4 aromatic rings. The van der Waals surface area contributed by atoms with Crippen LogP contribution in [-0.4, -0.2) is 9.97 Å². The number of furan rings is 1. The lowest BCUT2D eigenvalue weighted by Gasteiger charge is -2.05. The van der Waals surface area contributed by atoms with Crippen molar-refractivity contribution < 1.29 is 4.42 Å². The van der Waals surface area contributed by atoms with E-state index in [0.29, 0.717) is 0 Å². The molecule has 0 amide bonds. The van der Waals surface area contributed by atoms with Gasteiger partial charge >= 0.3 is 0 Å². The molecule has 0 aliphatic rings. The van der Waals surface area contributed by atoms with Gasteiger partial charge in [0.2, 0.25) is 0 Å². The maximum absolute atomic E-state index is 5.66. The predicted molar refractivity (Wildman–Crippen MR) is 87.0 cm³/mol.